The highest BCUT2D eigenvalue weighted by Crippen LogP contribution is 2.35. The molecule has 172 valence electrons. The van der Waals surface area contributed by atoms with E-state index >= 15 is 0 Å². The van der Waals surface area contributed by atoms with Crippen LogP contribution >= 0.6 is 22.9 Å². The Morgan fingerprint density at radius 2 is 1.64 bits per heavy atom. The molecule has 0 unspecified atom stereocenters. The number of carbonyl (C=O) groups excluding carboxylic acids is 3. The second-order valence-electron chi connectivity index (χ2n) is 6.74. The molecular weight excluding hydrogens is 468 g/mol. The molecule has 2 amide bonds. The molecule has 0 aliphatic carbocycles. The molecule has 0 saturated heterocycles. The third kappa shape index (κ3) is 5.27. The predicted octanol–water partition coefficient (Wildman–Crippen LogP) is 5.02. The number of rotatable bonds is 7. The van der Waals surface area contributed by atoms with E-state index in [0.29, 0.717) is 27.8 Å². The monoisotopic (exact) mass is 488 g/mol. The van der Waals surface area contributed by atoms with Crippen LogP contribution in [-0.4, -0.2) is 39.1 Å². The number of nitrogens with one attached hydrogen (secondary N) is 2. The minimum atomic E-state index is -0.673. The fourth-order valence-electron chi connectivity index (χ4n) is 3.07. The standard InChI is InChI=1S/C23H21ClN2O6S/c1-12-18(23(29)32-4)22(26-20(27)13-8-9-16(30-2)17(10-13)31-3)33-19(12)21(28)25-15-7-5-6-14(24)11-15/h5-11H,1-4H3,(H,25,28)(H,26,27). The fraction of sp³-hybridized carbons (Fsp3) is 0.174. The van der Waals surface area contributed by atoms with E-state index in [2.05, 4.69) is 10.6 Å². The summed E-state index contributed by atoms with van der Waals surface area (Å²) in [7, 11) is 4.18. The maximum absolute atomic E-state index is 12.9. The van der Waals surface area contributed by atoms with Gasteiger partial charge in [0.25, 0.3) is 11.8 Å². The van der Waals surface area contributed by atoms with E-state index in [0.717, 1.165) is 11.3 Å². The molecule has 0 saturated carbocycles. The van der Waals surface area contributed by atoms with Crippen LogP contribution < -0.4 is 20.1 Å². The van der Waals surface area contributed by atoms with E-state index in [4.69, 9.17) is 25.8 Å². The minimum Gasteiger partial charge on any atom is -0.493 e. The number of esters is 1. The van der Waals surface area contributed by atoms with Crippen LogP contribution in [0.5, 0.6) is 11.5 Å². The Morgan fingerprint density at radius 3 is 2.27 bits per heavy atom. The van der Waals surface area contributed by atoms with Crippen molar-refractivity contribution in [2.45, 2.75) is 6.92 Å². The largest absolute Gasteiger partial charge is 0.493 e. The van der Waals surface area contributed by atoms with E-state index in [1.807, 2.05) is 0 Å². The molecular formula is C23H21ClN2O6S. The molecule has 3 aromatic rings. The Hall–Kier alpha value is -3.56. The van der Waals surface area contributed by atoms with Crippen LogP contribution in [0.15, 0.2) is 42.5 Å². The normalized spacial score (nSPS) is 10.3. The van der Waals surface area contributed by atoms with Crippen LogP contribution in [0.2, 0.25) is 5.02 Å². The number of benzene rings is 2. The highest BCUT2D eigenvalue weighted by Gasteiger charge is 2.27. The van der Waals surface area contributed by atoms with E-state index in [1.165, 1.54) is 27.4 Å². The van der Waals surface area contributed by atoms with Crippen LogP contribution in [0.25, 0.3) is 0 Å². The van der Waals surface area contributed by atoms with Gasteiger partial charge in [-0.05, 0) is 48.9 Å². The maximum atomic E-state index is 12.9. The Labute approximate surface area is 199 Å². The number of amides is 2. The molecule has 0 bridgehead atoms. The second-order valence-corrected chi connectivity index (χ2v) is 8.20. The lowest BCUT2D eigenvalue weighted by Gasteiger charge is -2.10. The molecule has 10 heteroatoms. The van der Waals surface area contributed by atoms with Gasteiger partial charge in [0, 0.05) is 16.3 Å². The van der Waals surface area contributed by atoms with Gasteiger partial charge >= 0.3 is 5.97 Å². The molecule has 0 fully saturated rings. The zero-order valence-corrected chi connectivity index (χ0v) is 19.8. The van der Waals surface area contributed by atoms with Crippen molar-refractivity contribution >= 4 is 51.4 Å². The molecule has 1 aromatic heterocycles. The summed E-state index contributed by atoms with van der Waals surface area (Å²) < 4.78 is 15.3. The molecule has 1 heterocycles. The number of hydrogen-bond acceptors (Lipinski definition) is 7. The van der Waals surface area contributed by atoms with Gasteiger partial charge in [0.2, 0.25) is 0 Å². The molecule has 8 nitrogen and oxygen atoms in total. The highest BCUT2D eigenvalue weighted by atomic mass is 35.5. The quantitative estimate of drug-likeness (QED) is 0.453. The Morgan fingerprint density at radius 1 is 0.909 bits per heavy atom. The number of anilines is 2. The Bertz CT molecular complexity index is 1220. The second kappa shape index (κ2) is 10.4. The zero-order chi connectivity index (χ0) is 24.1. The van der Waals surface area contributed by atoms with Gasteiger partial charge in [-0.25, -0.2) is 4.79 Å². The summed E-state index contributed by atoms with van der Waals surface area (Å²) in [4.78, 5) is 38.5. The summed E-state index contributed by atoms with van der Waals surface area (Å²) in [5.41, 5.74) is 1.26. The number of hydrogen-bond donors (Lipinski definition) is 2. The smallest absolute Gasteiger partial charge is 0.341 e. The predicted molar refractivity (Wildman–Crippen MR) is 127 cm³/mol. The van der Waals surface area contributed by atoms with Crippen LogP contribution in [0.1, 0.15) is 36.0 Å². The molecule has 2 N–H and O–H groups in total. The summed E-state index contributed by atoms with van der Waals surface area (Å²) in [6, 6.07) is 11.3. The molecule has 33 heavy (non-hydrogen) atoms. The van der Waals surface area contributed by atoms with Crippen molar-refractivity contribution in [2.24, 2.45) is 0 Å². The molecule has 0 spiro atoms. The number of ether oxygens (including phenoxy) is 3. The Balaban J connectivity index is 1.93. The number of carbonyl (C=O) groups is 3. The summed E-state index contributed by atoms with van der Waals surface area (Å²) in [5.74, 6) is -0.771. The van der Waals surface area contributed by atoms with Gasteiger partial charge in [0.15, 0.2) is 11.5 Å². The van der Waals surface area contributed by atoms with Crippen LogP contribution in [0, 0.1) is 6.92 Å². The maximum Gasteiger partial charge on any atom is 0.341 e. The highest BCUT2D eigenvalue weighted by molar-refractivity contribution is 7.19. The molecule has 0 aliphatic heterocycles. The SMILES string of the molecule is COC(=O)c1c(NC(=O)c2ccc(OC)c(OC)c2)sc(C(=O)Nc2cccc(Cl)c2)c1C. The van der Waals surface area contributed by atoms with Crippen molar-refractivity contribution in [3.63, 3.8) is 0 Å². The van der Waals surface area contributed by atoms with E-state index in [1.54, 1.807) is 43.3 Å². The van der Waals surface area contributed by atoms with Gasteiger partial charge in [-0.3, -0.25) is 9.59 Å². The van der Waals surface area contributed by atoms with Gasteiger partial charge in [0.1, 0.15) is 5.00 Å². The molecule has 3 rings (SSSR count). The zero-order valence-electron chi connectivity index (χ0n) is 18.3. The van der Waals surface area contributed by atoms with Gasteiger partial charge in [-0.15, -0.1) is 11.3 Å². The van der Waals surface area contributed by atoms with Crippen molar-refractivity contribution < 1.29 is 28.6 Å². The van der Waals surface area contributed by atoms with Crippen molar-refractivity contribution in [3.05, 3.63) is 69.1 Å². The first-order valence-corrected chi connectivity index (χ1v) is 10.8. The lowest BCUT2D eigenvalue weighted by Crippen LogP contribution is -2.14. The number of halogens is 1. The lowest BCUT2D eigenvalue weighted by atomic mass is 10.1. The fourth-order valence-corrected chi connectivity index (χ4v) is 4.35. The van der Waals surface area contributed by atoms with Crippen molar-refractivity contribution in [1.82, 2.24) is 0 Å². The third-order valence-corrected chi connectivity index (χ3v) is 6.14. The van der Waals surface area contributed by atoms with Crippen LogP contribution in [-0.2, 0) is 4.74 Å². The first-order valence-electron chi connectivity index (χ1n) is 9.61. The van der Waals surface area contributed by atoms with E-state index < -0.39 is 17.8 Å². The van der Waals surface area contributed by atoms with Crippen LogP contribution in [0.4, 0.5) is 10.7 Å². The van der Waals surface area contributed by atoms with Gasteiger partial charge in [0.05, 0.1) is 31.8 Å². The summed E-state index contributed by atoms with van der Waals surface area (Å²) >= 11 is 6.95. The average Bonchev–Trinajstić information content (AvgIpc) is 3.13. The van der Waals surface area contributed by atoms with Crippen LogP contribution in [0.3, 0.4) is 0 Å². The third-order valence-electron chi connectivity index (χ3n) is 4.70. The average molecular weight is 489 g/mol. The van der Waals surface area contributed by atoms with Gasteiger partial charge < -0.3 is 24.8 Å². The van der Waals surface area contributed by atoms with E-state index in [-0.39, 0.29) is 21.0 Å². The molecule has 2 aromatic carbocycles. The molecule has 0 atom stereocenters. The van der Waals surface area contributed by atoms with Crippen molar-refractivity contribution in [3.8, 4) is 11.5 Å². The van der Waals surface area contributed by atoms with Gasteiger partial charge in [-0.1, -0.05) is 17.7 Å². The Kier molecular flexibility index (Phi) is 7.57. The minimum absolute atomic E-state index is 0.104. The summed E-state index contributed by atoms with van der Waals surface area (Å²) in [5, 5.41) is 6.10. The first-order chi connectivity index (χ1) is 15.8. The molecule has 0 aliphatic rings. The summed E-state index contributed by atoms with van der Waals surface area (Å²) in [6.45, 7) is 1.61. The van der Waals surface area contributed by atoms with E-state index in [9.17, 15) is 14.4 Å². The van der Waals surface area contributed by atoms with Crippen molar-refractivity contribution in [2.75, 3.05) is 32.0 Å². The first kappa shape index (κ1) is 24.1. The van der Waals surface area contributed by atoms with Crippen molar-refractivity contribution in [1.29, 1.82) is 0 Å². The topological polar surface area (TPSA) is 103 Å². The van der Waals surface area contributed by atoms with Gasteiger partial charge in [-0.2, -0.15) is 0 Å². The summed E-state index contributed by atoms with van der Waals surface area (Å²) in [6.07, 6.45) is 0. The lowest BCUT2D eigenvalue weighted by molar-refractivity contribution is 0.0601. The number of methoxy groups -OCH3 is 3. The molecule has 0 radical (unpaired) electrons. The number of thiophene rings is 1.